The summed E-state index contributed by atoms with van der Waals surface area (Å²) in [4.78, 5) is 4.46. The Morgan fingerprint density at radius 2 is 1.91 bits per heavy atom. The number of phenols is 1. The summed E-state index contributed by atoms with van der Waals surface area (Å²) >= 11 is 0. The molecule has 0 aliphatic carbocycles. The monoisotopic (exact) mass is 303 g/mol. The third-order valence-corrected chi connectivity index (χ3v) is 3.67. The fourth-order valence-corrected chi connectivity index (χ4v) is 2.52. The molecule has 114 valence electrons. The van der Waals surface area contributed by atoms with Gasteiger partial charge in [0, 0.05) is 30.0 Å². The van der Waals surface area contributed by atoms with Crippen LogP contribution in [0.4, 0.5) is 0 Å². The van der Waals surface area contributed by atoms with E-state index >= 15 is 0 Å². The molecule has 3 heteroatoms. The average molecular weight is 303 g/mol. The largest absolute Gasteiger partial charge is 0.508 e. The molecule has 0 aliphatic heterocycles. The molecular weight excluding hydrogens is 286 g/mol. The van der Waals surface area contributed by atoms with Crippen LogP contribution >= 0.6 is 0 Å². The van der Waals surface area contributed by atoms with E-state index in [4.69, 9.17) is 5.11 Å². The second-order valence-electron chi connectivity index (χ2n) is 5.27. The first-order chi connectivity index (χ1) is 11.3. The molecule has 0 saturated carbocycles. The van der Waals surface area contributed by atoms with Crippen LogP contribution in [-0.4, -0.2) is 21.8 Å². The van der Waals surface area contributed by atoms with Crippen molar-refractivity contribution in [2.24, 2.45) is 0 Å². The number of nitrogens with zero attached hydrogens (tertiary/aromatic N) is 1. The predicted molar refractivity (Wildman–Crippen MR) is 91.2 cm³/mol. The summed E-state index contributed by atoms with van der Waals surface area (Å²) in [5, 5.41) is 21.2. The smallest absolute Gasteiger partial charge is 0.120 e. The van der Waals surface area contributed by atoms with Gasteiger partial charge >= 0.3 is 0 Å². The summed E-state index contributed by atoms with van der Waals surface area (Å²) in [6.45, 7) is 0.0455. The number of aliphatic hydroxyl groups is 1. The van der Waals surface area contributed by atoms with Gasteiger partial charge in [-0.15, -0.1) is 0 Å². The van der Waals surface area contributed by atoms with E-state index in [1.54, 1.807) is 12.3 Å². The highest BCUT2D eigenvalue weighted by atomic mass is 16.3. The number of rotatable bonds is 3. The fourth-order valence-electron chi connectivity index (χ4n) is 2.52. The van der Waals surface area contributed by atoms with E-state index < -0.39 is 0 Å². The van der Waals surface area contributed by atoms with E-state index in [0.29, 0.717) is 12.8 Å². The van der Waals surface area contributed by atoms with Crippen LogP contribution in [0.15, 0.2) is 54.7 Å². The quantitative estimate of drug-likeness (QED) is 0.730. The molecule has 1 heterocycles. The molecule has 0 saturated heterocycles. The maximum absolute atomic E-state index is 10.2. The fraction of sp³-hybridized carbons (Fsp3) is 0.150. The van der Waals surface area contributed by atoms with Gasteiger partial charge in [-0.05, 0) is 29.1 Å². The van der Waals surface area contributed by atoms with Crippen LogP contribution in [0.25, 0.3) is 10.8 Å². The minimum absolute atomic E-state index is 0.0455. The summed E-state index contributed by atoms with van der Waals surface area (Å²) in [5.74, 6) is 5.99. The van der Waals surface area contributed by atoms with Gasteiger partial charge in [-0.1, -0.05) is 42.2 Å². The van der Waals surface area contributed by atoms with Crippen molar-refractivity contribution in [3.05, 3.63) is 71.5 Å². The highest BCUT2D eigenvalue weighted by Crippen LogP contribution is 2.24. The summed E-state index contributed by atoms with van der Waals surface area (Å²) in [7, 11) is 0. The zero-order chi connectivity index (χ0) is 16.1. The molecule has 2 aromatic carbocycles. The first kappa shape index (κ1) is 15.1. The Morgan fingerprint density at radius 1 is 1.04 bits per heavy atom. The number of hydrogen-bond donors (Lipinski definition) is 2. The lowest BCUT2D eigenvalue weighted by molar-refractivity contribution is 0.305. The maximum Gasteiger partial charge on any atom is 0.120 e. The number of aromatic hydroxyl groups is 1. The van der Waals surface area contributed by atoms with Gasteiger partial charge in [0.1, 0.15) is 5.75 Å². The van der Waals surface area contributed by atoms with Crippen molar-refractivity contribution in [3.8, 4) is 17.6 Å². The first-order valence-electron chi connectivity index (χ1n) is 7.52. The van der Waals surface area contributed by atoms with E-state index in [1.807, 2.05) is 36.4 Å². The second kappa shape index (κ2) is 6.95. The number of pyridine rings is 1. The van der Waals surface area contributed by atoms with Crippen molar-refractivity contribution in [1.29, 1.82) is 0 Å². The topological polar surface area (TPSA) is 53.4 Å². The Hall–Kier alpha value is -2.83. The van der Waals surface area contributed by atoms with Crippen LogP contribution < -0.4 is 0 Å². The van der Waals surface area contributed by atoms with E-state index in [2.05, 4.69) is 22.9 Å². The number of aromatic nitrogens is 1. The molecule has 3 aromatic rings. The molecule has 3 rings (SSSR count). The lowest BCUT2D eigenvalue weighted by Crippen LogP contribution is -1.94. The lowest BCUT2D eigenvalue weighted by Gasteiger charge is -2.08. The molecule has 23 heavy (non-hydrogen) atoms. The Morgan fingerprint density at radius 3 is 2.74 bits per heavy atom. The number of hydrogen-bond acceptors (Lipinski definition) is 3. The summed E-state index contributed by atoms with van der Waals surface area (Å²) < 4.78 is 0. The van der Waals surface area contributed by atoms with Crippen molar-refractivity contribution in [3.63, 3.8) is 0 Å². The third-order valence-electron chi connectivity index (χ3n) is 3.67. The number of aliphatic hydroxyl groups excluding tert-OH is 1. The number of benzene rings is 2. The predicted octanol–water partition coefficient (Wildman–Crippen LogP) is 3.27. The van der Waals surface area contributed by atoms with Gasteiger partial charge in [0.2, 0.25) is 0 Å². The molecule has 3 nitrogen and oxygen atoms in total. The van der Waals surface area contributed by atoms with Gasteiger partial charge in [-0.25, -0.2) is 0 Å². The van der Waals surface area contributed by atoms with Crippen LogP contribution in [0.2, 0.25) is 0 Å². The Balaban J connectivity index is 1.89. The van der Waals surface area contributed by atoms with Gasteiger partial charge in [-0.2, -0.15) is 0 Å². The van der Waals surface area contributed by atoms with E-state index in [1.165, 1.54) is 0 Å². The zero-order valence-electron chi connectivity index (χ0n) is 12.7. The maximum atomic E-state index is 10.2. The van der Waals surface area contributed by atoms with Crippen molar-refractivity contribution in [1.82, 2.24) is 4.98 Å². The van der Waals surface area contributed by atoms with E-state index in [0.717, 1.165) is 27.6 Å². The van der Waals surface area contributed by atoms with Crippen LogP contribution in [-0.2, 0) is 6.42 Å². The van der Waals surface area contributed by atoms with Gasteiger partial charge in [-0.3, -0.25) is 4.98 Å². The van der Waals surface area contributed by atoms with Crippen LogP contribution in [0.5, 0.6) is 5.75 Å². The minimum atomic E-state index is 0.0455. The molecule has 0 amide bonds. The lowest BCUT2D eigenvalue weighted by atomic mass is 10.0. The molecule has 0 fully saturated rings. The van der Waals surface area contributed by atoms with Gasteiger partial charge < -0.3 is 10.2 Å². The SMILES string of the molecule is OCCC#Cc1ccc(Cc2nccc3ccccc23)c(O)c1. The normalized spacial score (nSPS) is 10.3. The number of fused-ring (bicyclic) bond motifs is 1. The Kier molecular flexibility index (Phi) is 4.56. The summed E-state index contributed by atoms with van der Waals surface area (Å²) in [5.41, 5.74) is 2.50. The average Bonchev–Trinajstić information content (AvgIpc) is 2.58. The van der Waals surface area contributed by atoms with Gasteiger partial charge in [0.25, 0.3) is 0 Å². The molecule has 0 radical (unpaired) electrons. The van der Waals surface area contributed by atoms with Crippen LogP contribution in [0.3, 0.4) is 0 Å². The van der Waals surface area contributed by atoms with Crippen molar-refractivity contribution >= 4 is 10.8 Å². The second-order valence-corrected chi connectivity index (χ2v) is 5.27. The molecule has 0 atom stereocenters. The standard InChI is InChI=1S/C20H17NO2/c22-12-4-3-5-15-8-9-17(20(23)13-15)14-19-18-7-2-1-6-16(18)10-11-21-19/h1-2,6-11,13,22-23H,4,12,14H2. The van der Waals surface area contributed by atoms with Crippen LogP contribution in [0.1, 0.15) is 23.2 Å². The van der Waals surface area contributed by atoms with Crippen molar-refractivity contribution < 1.29 is 10.2 Å². The molecule has 1 aromatic heterocycles. The highest BCUT2D eigenvalue weighted by Gasteiger charge is 2.07. The van der Waals surface area contributed by atoms with Gasteiger partial charge in [0.05, 0.1) is 12.3 Å². The summed E-state index contributed by atoms with van der Waals surface area (Å²) in [6, 6.07) is 15.5. The third kappa shape index (κ3) is 3.50. The molecule has 0 spiro atoms. The van der Waals surface area contributed by atoms with Crippen LogP contribution in [0, 0.1) is 11.8 Å². The Labute approximate surface area is 135 Å². The van der Waals surface area contributed by atoms with Crippen molar-refractivity contribution in [2.75, 3.05) is 6.61 Å². The molecule has 0 unspecified atom stereocenters. The highest BCUT2D eigenvalue weighted by molar-refractivity contribution is 5.84. The van der Waals surface area contributed by atoms with Gasteiger partial charge in [0.15, 0.2) is 0 Å². The van der Waals surface area contributed by atoms with Crippen molar-refractivity contribution in [2.45, 2.75) is 12.8 Å². The molecular formula is C20H17NO2. The molecule has 2 N–H and O–H groups in total. The minimum Gasteiger partial charge on any atom is -0.508 e. The molecule has 0 aliphatic rings. The van der Waals surface area contributed by atoms with E-state index in [9.17, 15) is 5.11 Å². The molecule has 0 bridgehead atoms. The zero-order valence-corrected chi connectivity index (χ0v) is 12.7. The Bertz CT molecular complexity index is 886. The summed E-state index contributed by atoms with van der Waals surface area (Å²) in [6.07, 6.45) is 2.80. The number of phenolic OH excluding ortho intramolecular Hbond substituents is 1. The van der Waals surface area contributed by atoms with E-state index in [-0.39, 0.29) is 12.4 Å². The first-order valence-corrected chi connectivity index (χ1v) is 7.52.